The lowest BCUT2D eigenvalue weighted by Crippen LogP contribution is -2.50. The maximum atomic E-state index is 12.0. The maximum absolute atomic E-state index is 12.0. The molecule has 112 valence electrons. The molecule has 0 spiro atoms. The predicted octanol–water partition coefficient (Wildman–Crippen LogP) is 1.76. The molecular formula is C15H31N3O. The first kappa shape index (κ1) is 16.4. The van der Waals surface area contributed by atoms with Crippen LogP contribution in [-0.4, -0.2) is 49.1 Å². The minimum Gasteiger partial charge on any atom is -0.353 e. The zero-order valence-corrected chi connectivity index (χ0v) is 12.9. The quantitative estimate of drug-likeness (QED) is 0.660. The van der Waals surface area contributed by atoms with E-state index in [4.69, 9.17) is 0 Å². The van der Waals surface area contributed by atoms with Crippen LogP contribution in [0.5, 0.6) is 0 Å². The first-order valence-corrected chi connectivity index (χ1v) is 7.91. The van der Waals surface area contributed by atoms with Crippen molar-refractivity contribution in [3.63, 3.8) is 0 Å². The average Bonchev–Trinajstić information content (AvgIpc) is 2.40. The molecule has 0 bridgehead atoms. The summed E-state index contributed by atoms with van der Waals surface area (Å²) >= 11 is 0. The lowest BCUT2D eigenvalue weighted by atomic mass is 10.0. The molecule has 0 aromatic rings. The normalized spacial score (nSPS) is 22.2. The molecule has 4 heteroatoms. The van der Waals surface area contributed by atoms with E-state index in [9.17, 15) is 4.79 Å². The molecule has 2 N–H and O–H groups in total. The number of likely N-dealkylation sites (tertiary alicyclic amines) is 1. The number of carbonyl (C=O) groups excluding carboxylic acids is 1. The fraction of sp³-hybridized carbons (Fsp3) is 0.933. The van der Waals surface area contributed by atoms with E-state index in [-0.39, 0.29) is 11.9 Å². The standard InChI is InChI=1S/C15H31N3O/c1-4-9-16-11-14-8-6-7-10-18(14)12-15(19)17-13(3)5-2/h13-14,16H,4-12H2,1-3H3,(H,17,19). The van der Waals surface area contributed by atoms with Gasteiger partial charge in [0, 0.05) is 18.6 Å². The molecule has 4 nitrogen and oxygen atoms in total. The van der Waals surface area contributed by atoms with Crippen molar-refractivity contribution in [3.05, 3.63) is 0 Å². The third-order valence-electron chi connectivity index (χ3n) is 3.92. The second-order valence-corrected chi connectivity index (χ2v) is 5.70. The largest absolute Gasteiger partial charge is 0.353 e. The summed E-state index contributed by atoms with van der Waals surface area (Å²) < 4.78 is 0. The summed E-state index contributed by atoms with van der Waals surface area (Å²) in [7, 11) is 0. The highest BCUT2D eigenvalue weighted by atomic mass is 16.2. The van der Waals surface area contributed by atoms with Crippen molar-refractivity contribution in [1.82, 2.24) is 15.5 Å². The van der Waals surface area contributed by atoms with Crippen molar-refractivity contribution in [2.75, 3.05) is 26.2 Å². The summed E-state index contributed by atoms with van der Waals surface area (Å²) in [6.45, 7) is 10.1. The van der Waals surface area contributed by atoms with Gasteiger partial charge in [-0.15, -0.1) is 0 Å². The Bertz CT molecular complexity index is 258. The Morgan fingerprint density at radius 2 is 2.16 bits per heavy atom. The summed E-state index contributed by atoms with van der Waals surface area (Å²) in [5.74, 6) is 0.178. The van der Waals surface area contributed by atoms with Crippen LogP contribution in [0.2, 0.25) is 0 Å². The number of amides is 1. The number of hydrogen-bond acceptors (Lipinski definition) is 3. The molecule has 1 heterocycles. The monoisotopic (exact) mass is 269 g/mol. The Morgan fingerprint density at radius 1 is 1.37 bits per heavy atom. The number of hydrogen-bond donors (Lipinski definition) is 2. The Hall–Kier alpha value is -0.610. The summed E-state index contributed by atoms with van der Waals surface area (Å²) in [6, 6.07) is 0.817. The van der Waals surface area contributed by atoms with Gasteiger partial charge < -0.3 is 10.6 Å². The third kappa shape index (κ3) is 6.39. The highest BCUT2D eigenvalue weighted by Gasteiger charge is 2.23. The van der Waals surface area contributed by atoms with Gasteiger partial charge in [0.25, 0.3) is 0 Å². The molecule has 1 rings (SSSR count). The van der Waals surface area contributed by atoms with Crippen molar-refractivity contribution in [3.8, 4) is 0 Å². The number of piperidine rings is 1. The van der Waals surface area contributed by atoms with Crippen LogP contribution < -0.4 is 10.6 Å². The van der Waals surface area contributed by atoms with E-state index in [1.807, 2.05) is 0 Å². The Morgan fingerprint density at radius 3 is 2.84 bits per heavy atom. The SMILES string of the molecule is CCCNCC1CCCCN1CC(=O)NC(C)CC. The van der Waals surface area contributed by atoms with Crippen molar-refractivity contribution in [2.45, 2.75) is 65.0 Å². The summed E-state index contributed by atoms with van der Waals surface area (Å²) in [6.07, 6.45) is 5.89. The topological polar surface area (TPSA) is 44.4 Å². The van der Waals surface area contributed by atoms with Crippen molar-refractivity contribution >= 4 is 5.91 Å². The molecule has 2 unspecified atom stereocenters. The maximum Gasteiger partial charge on any atom is 0.234 e. The fourth-order valence-corrected chi connectivity index (χ4v) is 2.55. The molecule has 1 amide bonds. The number of rotatable bonds is 8. The van der Waals surface area contributed by atoms with Gasteiger partial charge in [0.1, 0.15) is 0 Å². The Balaban J connectivity index is 2.36. The van der Waals surface area contributed by atoms with Crippen molar-refractivity contribution in [2.24, 2.45) is 0 Å². The minimum atomic E-state index is 0.178. The van der Waals surface area contributed by atoms with Crippen LogP contribution in [0.15, 0.2) is 0 Å². The highest BCUT2D eigenvalue weighted by molar-refractivity contribution is 5.78. The van der Waals surface area contributed by atoms with Crippen LogP contribution in [0.4, 0.5) is 0 Å². The van der Waals surface area contributed by atoms with Crippen LogP contribution in [0, 0.1) is 0 Å². The number of carbonyl (C=O) groups is 1. The van der Waals surface area contributed by atoms with E-state index < -0.39 is 0 Å². The first-order chi connectivity index (χ1) is 9.17. The van der Waals surface area contributed by atoms with Gasteiger partial charge >= 0.3 is 0 Å². The van der Waals surface area contributed by atoms with Gasteiger partial charge in [-0.2, -0.15) is 0 Å². The Labute approximate surface area is 118 Å². The lowest BCUT2D eigenvalue weighted by Gasteiger charge is -2.35. The van der Waals surface area contributed by atoms with Crippen LogP contribution >= 0.6 is 0 Å². The molecule has 1 aliphatic rings. The molecule has 1 fully saturated rings. The molecular weight excluding hydrogens is 238 g/mol. The van der Waals surface area contributed by atoms with E-state index in [0.717, 1.165) is 26.1 Å². The third-order valence-corrected chi connectivity index (χ3v) is 3.92. The van der Waals surface area contributed by atoms with Gasteiger partial charge in [0.05, 0.1) is 6.54 Å². The van der Waals surface area contributed by atoms with Crippen molar-refractivity contribution < 1.29 is 4.79 Å². The molecule has 0 radical (unpaired) electrons. The zero-order chi connectivity index (χ0) is 14.1. The fourth-order valence-electron chi connectivity index (χ4n) is 2.55. The van der Waals surface area contributed by atoms with E-state index in [1.165, 1.54) is 25.7 Å². The molecule has 19 heavy (non-hydrogen) atoms. The summed E-state index contributed by atoms with van der Waals surface area (Å²) in [5.41, 5.74) is 0. The lowest BCUT2D eigenvalue weighted by molar-refractivity contribution is -0.123. The molecule has 2 atom stereocenters. The first-order valence-electron chi connectivity index (χ1n) is 7.91. The highest BCUT2D eigenvalue weighted by Crippen LogP contribution is 2.16. The Kier molecular flexibility index (Phi) is 8.07. The van der Waals surface area contributed by atoms with Crippen molar-refractivity contribution in [1.29, 1.82) is 0 Å². The van der Waals surface area contributed by atoms with Crippen LogP contribution in [0.3, 0.4) is 0 Å². The molecule has 1 saturated heterocycles. The number of nitrogens with zero attached hydrogens (tertiary/aromatic N) is 1. The van der Waals surface area contributed by atoms with Crippen LogP contribution in [0.1, 0.15) is 52.9 Å². The summed E-state index contributed by atoms with van der Waals surface area (Å²) in [5, 5.41) is 6.55. The van der Waals surface area contributed by atoms with E-state index in [1.54, 1.807) is 0 Å². The second-order valence-electron chi connectivity index (χ2n) is 5.70. The molecule has 0 aliphatic carbocycles. The van der Waals surface area contributed by atoms with Gasteiger partial charge in [0.15, 0.2) is 0 Å². The predicted molar refractivity (Wildman–Crippen MR) is 80.3 cm³/mol. The molecule has 0 saturated carbocycles. The molecule has 1 aliphatic heterocycles. The van der Waals surface area contributed by atoms with Crippen LogP contribution in [-0.2, 0) is 4.79 Å². The number of nitrogens with one attached hydrogen (secondary N) is 2. The van der Waals surface area contributed by atoms with Gasteiger partial charge in [-0.3, -0.25) is 9.69 Å². The summed E-state index contributed by atoms with van der Waals surface area (Å²) in [4.78, 5) is 14.3. The minimum absolute atomic E-state index is 0.178. The van der Waals surface area contributed by atoms with Gasteiger partial charge in [-0.05, 0) is 45.7 Å². The van der Waals surface area contributed by atoms with E-state index in [2.05, 4.69) is 36.3 Å². The van der Waals surface area contributed by atoms with E-state index in [0.29, 0.717) is 12.6 Å². The molecule has 0 aromatic heterocycles. The second kappa shape index (κ2) is 9.32. The smallest absolute Gasteiger partial charge is 0.234 e. The van der Waals surface area contributed by atoms with Crippen LogP contribution in [0.25, 0.3) is 0 Å². The zero-order valence-electron chi connectivity index (χ0n) is 12.9. The molecule has 0 aromatic carbocycles. The van der Waals surface area contributed by atoms with E-state index >= 15 is 0 Å². The average molecular weight is 269 g/mol. The van der Waals surface area contributed by atoms with Gasteiger partial charge in [-0.25, -0.2) is 0 Å². The van der Waals surface area contributed by atoms with Gasteiger partial charge in [-0.1, -0.05) is 20.3 Å². The van der Waals surface area contributed by atoms with Gasteiger partial charge in [0.2, 0.25) is 5.91 Å².